The quantitative estimate of drug-likeness (QED) is 0.473. The maximum Gasteiger partial charge on any atom is 0.180 e. The highest BCUT2D eigenvalue weighted by atomic mass is 35.5. The number of nitrogens with one attached hydrogen (secondary N) is 2. The van der Waals surface area contributed by atoms with Crippen LogP contribution in [0.2, 0.25) is 5.02 Å². The lowest BCUT2D eigenvalue weighted by Crippen LogP contribution is -2.32. The zero-order valence-electron chi connectivity index (χ0n) is 15.2. The number of hydrogen-bond donors (Lipinski definition) is 2. The van der Waals surface area contributed by atoms with Crippen molar-refractivity contribution in [2.75, 3.05) is 31.5 Å². The van der Waals surface area contributed by atoms with E-state index in [0.717, 1.165) is 38.3 Å². The average Bonchev–Trinajstić information content (AvgIpc) is 3.07. The van der Waals surface area contributed by atoms with Crippen molar-refractivity contribution in [1.82, 2.24) is 20.0 Å². The van der Waals surface area contributed by atoms with E-state index in [1.54, 1.807) is 23.0 Å². The third-order valence-electron chi connectivity index (χ3n) is 3.88. The molecule has 1 aromatic heterocycles. The first-order chi connectivity index (χ1) is 12.6. The Bertz CT molecular complexity index is 690. The van der Waals surface area contributed by atoms with Crippen LogP contribution < -0.4 is 15.4 Å². The summed E-state index contributed by atoms with van der Waals surface area (Å²) in [5, 5.41) is 11.8. The third kappa shape index (κ3) is 7.19. The van der Waals surface area contributed by atoms with E-state index in [1.165, 1.54) is 0 Å². The Balaban J connectivity index is 1.69. The van der Waals surface area contributed by atoms with Crippen LogP contribution in [0, 0.1) is 0 Å². The molecule has 0 radical (unpaired) electrons. The van der Waals surface area contributed by atoms with E-state index in [9.17, 15) is 0 Å². The largest absolute Gasteiger partial charge is 0.471 e. The first-order valence-electron chi connectivity index (χ1n) is 8.78. The summed E-state index contributed by atoms with van der Waals surface area (Å²) >= 11 is 11.3. The second-order valence-corrected chi connectivity index (χ2v) is 6.61. The maximum absolute atomic E-state index is 5.94. The Morgan fingerprint density at radius 1 is 1.35 bits per heavy atom. The smallest absolute Gasteiger partial charge is 0.180 e. The molecule has 1 heterocycles. The molecule has 8 heteroatoms. The SMILES string of the molecule is CCN(CC)CCCNC(=S)Nc1cnn(COc2cccc(Cl)c2)c1. The molecule has 0 fully saturated rings. The predicted octanol–water partition coefficient (Wildman–Crippen LogP) is 3.59. The van der Waals surface area contributed by atoms with Gasteiger partial charge >= 0.3 is 0 Å². The summed E-state index contributed by atoms with van der Waals surface area (Å²) in [6.45, 7) is 8.72. The molecule has 0 unspecified atom stereocenters. The van der Waals surface area contributed by atoms with Crippen molar-refractivity contribution in [3.63, 3.8) is 0 Å². The van der Waals surface area contributed by atoms with Gasteiger partial charge < -0.3 is 20.3 Å². The van der Waals surface area contributed by atoms with E-state index in [2.05, 4.69) is 34.5 Å². The van der Waals surface area contributed by atoms with E-state index in [4.69, 9.17) is 28.6 Å². The zero-order valence-corrected chi connectivity index (χ0v) is 16.8. The molecule has 0 saturated carbocycles. The Labute approximate surface area is 165 Å². The molecule has 0 aliphatic heterocycles. The van der Waals surface area contributed by atoms with Gasteiger partial charge in [0.1, 0.15) is 5.75 Å². The first kappa shape index (κ1) is 20.5. The van der Waals surface area contributed by atoms with E-state index in [-0.39, 0.29) is 0 Å². The number of hydrogen-bond acceptors (Lipinski definition) is 4. The van der Waals surface area contributed by atoms with Crippen molar-refractivity contribution in [1.29, 1.82) is 0 Å². The Kier molecular flexibility index (Phi) is 8.67. The molecule has 0 aliphatic rings. The van der Waals surface area contributed by atoms with Gasteiger partial charge in [0, 0.05) is 11.6 Å². The van der Waals surface area contributed by atoms with Gasteiger partial charge in [-0.15, -0.1) is 0 Å². The monoisotopic (exact) mass is 395 g/mol. The van der Waals surface area contributed by atoms with Crippen molar-refractivity contribution in [3.8, 4) is 5.75 Å². The number of ether oxygens (including phenoxy) is 1. The summed E-state index contributed by atoms with van der Waals surface area (Å²) < 4.78 is 7.34. The summed E-state index contributed by atoms with van der Waals surface area (Å²) in [7, 11) is 0. The second kappa shape index (κ2) is 11.0. The van der Waals surface area contributed by atoms with Crippen molar-refractivity contribution in [2.45, 2.75) is 27.0 Å². The molecule has 0 saturated heterocycles. The Morgan fingerprint density at radius 2 is 2.15 bits per heavy atom. The van der Waals surface area contributed by atoms with Gasteiger partial charge in [0.2, 0.25) is 0 Å². The number of benzene rings is 1. The summed E-state index contributed by atoms with van der Waals surface area (Å²) in [6, 6.07) is 7.27. The first-order valence-corrected chi connectivity index (χ1v) is 9.57. The molecule has 0 spiro atoms. The van der Waals surface area contributed by atoms with Gasteiger partial charge in [-0.2, -0.15) is 5.10 Å². The molecule has 0 atom stereocenters. The van der Waals surface area contributed by atoms with Gasteiger partial charge in [-0.3, -0.25) is 0 Å². The summed E-state index contributed by atoms with van der Waals surface area (Å²) in [5.74, 6) is 0.702. The van der Waals surface area contributed by atoms with E-state index in [0.29, 0.717) is 22.6 Å². The molecule has 2 N–H and O–H groups in total. The molecule has 6 nitrogen and oxygen atoms in total. The number of rotatable bonds is 10. The van der Waals surface area contributed by atoms with Gasteiger partial charge in [-0.25, -0.2) is 4.68 Å². The van der Waals surface area contributed by atoms with Crippen molar-refractivity contribution >= 4 is 34.6 Å². The van der Waals surface area contributed by atoms with Crippen molar-refractivity contribution < 1.29 is 4.74 Å². The van der Waals surface area contributed by atoms with Gasteiger partial charge in [0.05, 0.1) is 18.1 Å². The highest BCUT2D eigenvalue weighted by Gasteiger charge is 2.03. The predicted molar refractivity (Wildman–Crippen MR) is 111 cm³/mol. The van der Waals surface area contributed by atoms with Crippen molar-refractivity contribution in [3.05, 3.63) is 41.7 Å². The molecule has 2 aromatic rings. The van der Waals surface area contributed by atoms with Gasteiger partial charge in [-0.05, 0) is 56.5 Å². The normalized spacial score (nSPS) is 10.8. The maximum atomic E-state index is 5.94. The van der Waals surface area contributed by atoms with Crippen LogP contribution in [-0.4, -0.2) is 46.0 Å². The van der Waals surface area contributed by atoms with Crippen molar-refractivity contribution in [2.24, 2.45) is 0 Å². The molecular formula is C18H26ClN5OS. The fourth-order valence-corrected chi connectivity index (χ4v) is 2.82. The standard InChI is InChI=1S/C18H26ClN5OS/c1-3-23(4-2)10-6-9-20-18(26)22-16-12-21-24(13-16)14-25-17-8-5-7-15(19)11-17/h5,7-8,11-13H,3-4,6,9-10,14H2,1-2H3,(H2,20,22,26). The zero-order chi connectivity index (χ0) is 18.8. The molecular weight excluding hydrogens is 370 g/mol. The summed E-state index contributed by atoms with van der Waals surface area (Å²) in [5.41, 5.74) is 0.820. The molecule has 0 bridgehead atoms. The lowest BCUT2D eigenvalue weighted by Gasteiger charge is -2.18. The molecule has 1 aromatic carbocycles. The minimum absolute atomic E-state index is 0.298. The fourth-order valence-electron chi connectivity index (χ4n) is 2.42. The lowest BCUT2D eigenvalue weighted by molar-refractivity contribution is 0.221. The Morgan fingerprint density at radius 3 is 2.88 bits per heavy atom. The van der Waals surface area contributed by atoms with Crippen LogP contribution in [0.4, 0.5) is 5.69 Å². The number of aromatic nitrogens is 2. The van der Waals surface area contributed by atoms with Crippen LogP contribution in [0.25, 0.3) is 0 Å². The van der Waals surface area contributed by atoms with E-state index >= 15 is 0 Å². The summed E-state index contributed by atoms with van der Waals surface area (Å²) in [6.07, 6.45) is 4.61. The highest BCUT2D eigenvalue weighted by molar-refractivity contribution is 7.80. The van der Waals surface area contributed by atoms with Gasteiger partial charge in [-0.1, -0.05) is 31.5 Å². The van der Waals surface area contributed by atoms with Crippen LogP contribution in [0.1, 0.15) is 20.3 Å². The van der Waals surface area contributed by atoms with Gasteiger partial charge in [0.25, 0.3) is 0 Å². The Hall–Kier alpha value is -1.83. The van der Waals surface area contributed by atoms with Gasteiger partial charge in [0.15, 0.2) is 11.8 Å². The second-order valence-electron chi connectivity index (χ2n) is 5.76. The van der Waals surface area contributed by atoms with Crippen LogP contribution in [0.3, 0.4) is 0 Å². The van der Waals surface area contributed by atoms with E-state index < -0.39 is 0 Å². The number of nitrogens with zero attached hydrogens (tertiary/aromatic N) is 3. The highest BCUT2D eigenvalue weighted by Crippen LogP contribution is 2.17. The molecule has 0 aliphatic carbocycles. The van der Waals surface area contributed by atoms with Crippen LogP contribution in [0.15, 0.2) is 36.7 Å². The minimum Gasteiger partial charge on any atom is -0.471 e. The van der Waals surface area contributed by atoms with Crippen LogP contribution in [-0.2, 0) is 6.73 Å². The van der Waals surface area contributed by atoms with Crippen LogP contribution in [0.5, 0.6) is 5.75 Å². The van der Waals surface area contributed by atoms with Crippen LogP contribution >= 0.6 is 23.8 Å². The fraction of sp³-hybridized carbons (Fsp3) is 0.444. The lowest BCUT2D eigenvalue weighted by atomic mass is 10.3. The minimum atomic E-state index is 0.298. The topological polar surface area (TPSA) is 54.3 Å². The number of thiocarbonyl (C=S) groups is 1. The number of anilines is 1. The third-order valence-corrected chi connectivity index (χ3v) is 4.36. The number of halogens is 1. The molecule has 142 valence electrons. The molecule has 26 heavy (non-hydrogen) atoms. The molecule has 2 rings (SSSR count). The summed E-state index contributed by atoms with van der Waals surface area (Å²) in [4.78, 5) is 2.39. The average molecular weight is 396 g/mol. The molecule has 0 amide bonds. The van der Waals surface area contributed by atoms with E-state index in [1.807, 2.05) is 18.3 Å².